The quantitative estimate of drug-likeness (QED) is 0.450. The molecule has 2 aromatic carbocycles. The molecule has 0 atom stereocenters. The number of hydrogen-bond donors (Lipinski definition) is 0. The Morgan fingerprint density at radius 1 is 1.06 bits per heavy atom. The number of benzene rings is 2. The molecule has 3 nitrogen and oxygen atoms in total. The minimum Gasteiger partial charge on any atom is -0.258 e. The average molecular weight is 340 g/mol. The van der Waals surface area contributed by atoms with Crippen LogP contribution in [0.3, 0.4) is 0 Å². The molecule has 0 heterocycles. The monoisotopic (exact) mass is 340 g/mol. The molecule has 4 heteroatoms. The highest BCUT2D eigenvalue weighted by molar-refractivity contribution is 5.28. The van der Waals surface area contributed by atoms with Crippen LogP contribution in [0.4, 0.5) is 5.69 Å². The van der Waals surface area contributed by atoms with E-state index in [0.717, 1.165) is 3.57 Å². The number of nitro benzene ring substituents is 1. The first kappa shape index (κ1) is 12.0. The van der Waals surface area contributed by atoms with E-state index in [1.165, 1.54) is 15.2 Å². The third-order valence-electron chi connectivity index (χ3n) is 2.22. The van der Waals surface area contributed by atoms with Crippen LogP contribution < -0.4 is 21.2 Å². The van der Waals surface area contributed by atoms with Crippen molar-refractivity contribution in [1.82, 2.24) is 0 Å². The number of non-ortho nitro benzene ring substituents is 1. The molecule has 0 unspecified atom stereocenters. The van der Waals surface area contributed by atoms with E-state index in [9.17, 15) is 10.1 Å². The zero-order valence-corrected chi connectivity index (χ0v) is 11.4. The van der Waals surface area contributed by atoms with Crippen molar-refractivity contribution in [3.63, 3.8) is 0 Å². The summed E-state index contributed by atoms with van der Waals surface area (Å²) >= 11 is -0.335. The maximum Gasteiger partial charge on any atom is 0.358 e. The van der Waals surface area contributed by atoms with Gasteiger partial charge in [0.05, 0.1) is 11.0 Å². The van der Waals surface area contributed by atoms with Crippen molar-refractivity contribution in [1.29, 1.82) is 0 Å². The number of hydrogen-bond acceptors (Lipinski definition) is 2. The van der Waals surface area contributed by atoms with Crippen molar-refractivity contribution in [2.75, 3.05) is 0 Å². The van der Waals surface area contributed by atoms with E-state index in [4.69, 9.17) is 0 Å². The van der Waals surface area contributed by atoms with E-state index < -0.39 is 0 Å². The minimum absolute atomic E-state index is 0.176. The van der Waals surface area contributed by atoms with Crippen molar-refractivity contribution >= 4 is 5.69 Å². The molecule has 0 aromatic heterocycles. The number of rotatable bonds is 3. The zero-order valence-electron chi connectivity index (χ0n) is 9.26. The third kappa shape index (κ3) is 3.26. The van der Waals surface area contributed by atoms with Crippen LogP contribution in [-0.2, 0) is 0 Å². The number of nitrogens with zero attached hydrogens (tertiary/aromatic N) is 1. The summed E-state index contributed by atoms with van der Waals surface area (Å²) in [6.07, 6.45) is 0. The van der Waals surface area contributed by atoms with Gasteiger partial charge in [-0.3, -0.25) is 10.1 Å². The minimum atomic E-state index is -0.344. The molecule has 86 valence electrons. The largest absolute Gasteiger partial charge is 0.358 e. The summed E-state index contributed by atoms with van der Waals surface area (Å²) < 4.78 is 2.35. The van der Waals surface area contributed by atoms with Crippen molar-refractivity contribution in [3.05, 3.63) is 71.3 Å². The van der Waals surface area contributed by atoms with Gasteiger partial charge in [0.1, 0.15) is 0 Å². The molecule has 0 aliphatic rings. The van der Waals surface area contributed by atoms with Gasteiger partial charge in [-0.1, -0.05) is 18.2 Å². The first-order chi connectivity index (χ1) is 8.15. The van der Waals surface area contributed by atoms with Gasteiger partial charge < -0.3 is 0 Å². The van der Waals surface area contributed by atoms with E-state index in [0.29, 0.717) is 0 Å². The van der Waals surface area contributed by atoms with Crippen LogP contribution in [0.25, 0.3) is 0 Å². The molecular weight excluding hydrogens is 329 g/mol. The first-order valence-corrected chi connectivity index (χ1v) is 7.27. The molecule has 0 spiro atoms. The third-order valence-corrected chi connectivity index (χ3v) is 4.80. The lowest BCUT2D eigenvalue weighted by Crippen LogP contribution is -3.61. The lowest BCUT2D eigenvalue weighted by atomic mass is 10.2. The van der Waals surface area contributed by atoms with Crippen LogP contribution in [0, 0.1) is 24.2 Å². The highest BCUT2D eigenvalue weighted by atomic mass is 127. The molecular formula is C13H11INO2+. The lowest BCUT2D eigenvalue weighted by Gasteiger charge is -1.91. The summed E-state index contributed by atoms with van der Waals surface area (Å²) in [6, 6.07) is 15.2. The van der Waals surface area contributed by atoms with Gasteiger partial charge in [0.2, 0.25) is 3.57 Å². The Kier molecular flexibility index (Phi) is 3.73. The molecule has 0 saturated heterocycles. The zero-order chi connectivity index (χ0) is 12.3. The normalized spacial score (nSPS) is 10.2. The fourth-order valence-electron chi connectivity index (χ4n) is 1.44. The maximum absolute atomic E-state index is 10.7. The standard InChI is InChI=1S/C13H11INO2/c1-10-4-2-5-11(8-10)14-12-6-3-7-13(9-12)15(16)17/h2-9H,1H3/q+1. The molecule has 0 saturated carbocycles. The maximum atomic E-state index is 10.7. The topological polar surface area (TPSA) is 43.1 Å². The fraction of sp³-hybridized carbons (Fsp3) is 0.0769. The molecule has 2 rings (SSSR count). The van der Waals surface area contributed by atoms with E-state index >= 15 is 0 Å². The number of halogens is 1. The summed E-state index contributed by atoms with van der Waals surface area (Å²) in [4.78, 5) is 10.3. The Hall–Kier alpha value is -1.43. The second kappa shape index (κ2) is 5.27. The van der Waals surface area contributed by atoms with E-state index in [1.54, 1.807) is 12.1 Å². The highest BCUT2D eigenvalue weighted by Gasteiger charge is 2.18. The summed E-state index contributed by atoms with van der Waals surface area (Å²) in [6.45, 7) is 2.06. The van der Waals surface area contributed by atoms with Crippen molar-refractivity contribution < 1.29 is 26.1 Å². The summed E-state index contributed by atoms with van der Waals surface area (Å²) in [5.41, 5.74) is 1.41. The van der Waals surface area contributed by atoms with Crippen LogP contribution in [-0.4, -0.2) is 4.92 Å². The van der Waals surface area contributed by atoms with Crippen LogP contribution in [0.15, 0.2) is 48.5 Å². The summed E-state index contributed by atoms with van der Waals surface area (Å²) in [5.74, 6) is 0. The predicted molar refractivity (Wildman–Crippen MR) is 61.7 cm³/mol. The van der Waals surface area contributed by atoms with Crippen LogP contribution in [0.2, 0.25) is 0 Å². The van der Waals surface area contributed by atoms with E-state index in [-0.39, 0.29) is 31.8 Å². The smallest absolute Gasteiger partial charge is 0.258 e. The average Bonchev–Trinajstić information content (AvgIpc) is 2.29. The molecule has 0 radical (unpaired) electrons. The van der Waals surface area contributed by atoms with Gasteiger partial charge in [-0.2, -0.15) is 0 Å². The fourth-order valence-corrected chi connectivity index (χ4v) is 4.05. The Bertz CT molecular complexity index is 555. The molecule has 17 heavy (non-hydrogen) atoms. The molecule has 0 N–H and O–H groups in total. The predicted octanol–water partition coefficient (Wildman–Crippen LogP) is 0.0316. The lowest BCUT2D eigenvalue weighted by molar-refractivity contribution is -0.597. The molecule has 0 aliphatic carbocycles. The highest BCUT2D eigenvalue weighted by Crippen LogP contribution is 2.07. The SMILES string of the molecule is Cc1cccc([I+]c2cccc([N+](=O)[O-])c2)c1. The summed E-state index contributed by atoms with van der Waals surface area (Å²) in [7, 11) is 0. The van der Waals surface area contributed by atoms with Gasteiger partial charge >= 0.3 is 21.2 Å². The van der Waals surface area contributed by atoms with Crippen molar-refractivity contribution in [3.8, 4) is 0 Å². The van der Waals surface area contributed by atoms with Gasteiger partial charge in [0, 0.05) is 6.07 Å². The first-order valence-electron chi connectivity index (χ1n) is 5.11. The Morgan fingerprint density at radius 3 is 2.35 bits per heavy atom. The molecule has 0 fully saturated rings. The van der Waals surface area contributed by atoms with Gasteiger partial charge in [-0.05, 0) is 30.7 Å². The molecule has 2 aromatic rings. The van der Waals surface area contributed by atoms with Gasteiger partial charge in [0.15, 0.2) is 3.57 Å². The second-order valence-corrected chi connectivity index (χ2v) is 6.66. The molecule has 0 aliphatic heterocycles. The Labute approximate surface area is 110 Å². The Morgan fingerprint density at radius 2 is 1.71 bits per heavy atom. The van der Waals surface area contributed by atoms with Crippen LogP contribution in [0.5, 0.6) is 0 Å². The van der Waals surface area contributed by atoms with Gasteiger partial charge in [0.25, 0.3) is 5.69 Å². The van der Waals surface area contributed by atoms with Crippen LogP contribution >= 0.6 is 0 Å². The van der Waals surface area contributed by atoms with Gasteiger partial charge in [-0.15, -0.1) is 0 Å². The Balaban J connectivity index is 2.24. The van der Waals surface area contributed by atoms with Gasteiger partial charge in [-0.25, -0.2) is 0 Å². The van der Waals surface area contributed by atoms with E-state index in [1.807, 2.05) is 12.1 Å². The summed E-state index contributed by atoms with van der Waals surface area (Å²) in [5, 5.41) is 10.7. The number of aryl methyl sites for hydroxylation is 1. The molecule has 0 amide bonds. The van der Waals surface area contributed by atoms with Crippen molar-refractivity contribution in [2.24, 2.45) is 0 Å². The van der Waals surface area contributed by atoms with Crippen LogP contribution in [0.1, 0.15) is 5.56 Å². The van der Waals surface area contributed by atoms with E-state index in [2.05, 4.69) is 25.1 Å². The number of nitro groups is 1. The van der Waals surface area contributed by atoms with Crippen molar-refractivity contribution in [2.45, 2.75) is 6.92 Å². The molecule has 0 bridgehead atoms. The second-order valence-electron chi connectivity index (χ2n) is 3.63.